The molecule has 10 aromatic rings. The topological polar surface area (TPSA) is 50.9 Å². The Morgan fingerprint density at radius 1 is 0.500 bits per heavy atom. The molecule has 0 radical (unpaired) electrons. The first-order chi connectivity index (χ1) is 33.1. The lowest BCUT2D eigenvalue weighted by atomic mass is 9.78. The molecular formula is C62H53N3O. The first kappa shape index (κ1) is 38.6. The van der Waals surface area contributed by atoms with Crippen LogP contribution in [0, 0.1) is 27.6 Å². The molecule has 1 N–H and O–H groups in total. The highest BCUT2D eigenvalue weighted by molar-refractivity contribution is 5.98. The molecule has 2 aromatic heterocycles. The molecule has 0 aliphatic heterocycles. The van der Waals surface area contributed by atoms with E-state index < -0.39 is 6.85 Å². The number of imidazole rings is 1. The summed E-state index contributed by atoms with van der Waals surface area (Å²) in [5.74, 6) is 0.525. The molecule has 0 saturated carbocycles. The third-order valence-corrected chi connectivity index (χ3v) is 12.6. The van der Waals surface area contributed by atoms with E-state index in [-0.39, 0.29) is 16.7 Å². The molecule has 4 heteroatoms. The van der Waals surface area contributed by atoms with Crippen molar-refractivity contribution in [2.75, 3.05) is 0 Å². The molecule has 0 aliphatic rings. The summed E-state index contributed by atoms with van der Waals surface area (Å²) < 4.78 is 29.5. The van der Waals surface area contributed by atoms with Gasteiger partial charge in [-0.3, -0.25) is 9.55 Å². The highest BCUT2D eigenvalue weighted by atomic mass is 16.3. The van der Waals surface area contributed by atoms with Gasteiger partial charge in [-0.25, -0.2) is 4.98 Å². The molecule has 4 nitrogen and oxygen atoms in total. The maximum Gasteiger partial charge on any atom is 0.149 e. The number of phenols is 1. The van der Waals surface area contributed by atoms with E-state index in [0.29, 0.717) is 33.7 Å². The number of rotatable bonds is 8. The Bertz CT molecular complexity index is 3550. The zero-order chi connectivity index (χ0) is 48.2. The summed E-state index contributed by atoms with van der Waals surface area (Å²) in [6.07, 6.45) is 1.86. The Hall–Kier alpha value is -7.82. The van der Waals surface area contributed by atoms with Crippen molar-refractivity contribution < 1.29 is 9.22 Å². The zero-order valence-electron chi connectivity index (χ0n) is 41.2. The summed E-state index contributed by atoms with van der Waals surface area (Å²) in [5.41, 5.74) is 17.9. The smallest absolute Gasteiger partial charge is 0.149 e. The van der Waals surface area contributed by atoms with Gasteiger partial charge in [-0.1, -0.05) is 154 Å². The van der Waals surface area contributed by atoms with Gasteiger partial charge in [-0.15, -0.1) is 0 Å². The standard InChI is InChI=1S/C62H53N3O/c1-39-24-26-44(27-25-39)46-30-31-63-55(38-46)50-36-48(43-16-10-8-11-17-43)35-49(37-50)52-21-15-23-57-59(52)64-61(53-33-40(2)32-42(4)60(53)66)65(57)56-29-28-47(34-41(56)3)58-51(45-18-12-9-13-19-45)20-14-22-54(58)62(5,6)7/h8-38,66H,1-7H3/i3D3. The number of nitrogens with zero attached hydrogens (tertiary/aromatic N) is 3. The van der Waals surface area contributed by atoms with Crippen molar-refractivity contribution in [1.29, 1.82) is 0 Å². The molecule has 0 aliphatic carbocycles. The van der Waals surface area contributed by atoms with Gasteiger partial charge in [-0.05, 0) is 160 Å². The van der Waals surface area contributed by atoms with Crippen molar-refractivity contribution in [1.82, 2.24) is 14.5 Å². The van der Waals surface area contributed by atoms with Gasteiger partial charge in [0.1, 0.15) is 11.6 Å². The fourth-order valence-corrected chi connectivity index (χ4v) is 9.36. The van der Waals surface area contributed by atoms with Crippen LogP contribution in [0.25, 0.3) is 95.0 Å². The number of hydrogen-bond donors (Lipinski definition) is 1. The van der Waals surface area contributed by atoms with Crippen molar-refractivity contribution in [3.8, 4) is 89.7 Å². The van der Waals surface area contributed by atoms with Crippen LogP contribution < -0.4 is 0 Å². The van der Waals surface area contributed by atoms with Crippen molar-refractivity contribution in [2.45, 2.75) is 53.8 Å². The maximum atomic E-state index is 11.9. The van der Waals surface area contributed by atoms with E-state index in [2.05, 4.69) is 125 Å². The van der Waals surface area contributed by atoms with Gasteiger partial charge in [0.2, 0.25) is 0 Å². The number of para-hydroxylation sites is 1. The van der Waals surface area contributed by atoms with E-state index in [0.717, 1.165) is 78.0 Å². The van der Waals surface area contributed by atoms with Crippen molar-refractivity contribution in [2.24, 2.45) is 0 Å². The predicted octanol–water partition coefficient (Wildman–Crippen LogP) is 16.3. The number of fused-ring (bicyclic) bond motifs is 1. The van der Waals surface area contributed by atoms with E-state index in [9.17, 15) is 9.22 Å². The van der Waals surface area contributed by atoms with Gasteiger partial charge in [0, 0.05) is 21.4 Å². The van der Waals surface area contributed by atoms with Crippen LogP contribution in [0.4, 0.5) is 0 Å². The minimum Gasteiger partial charge on any atom is -0.507 e. The highest BCUT2D eigenvalue weighted by Gasteiger charge is 2.25. The third-order valence-electron chi connectivity index (χ3n) is 12.6. The van der Waals surface area contributed by atoms with Gasteiger partial charge in [0.15, 0.2) is 0 Å². The molecule has 10 rings (SSSR count). The molecular weight excluding hydrogens is 803 g/mol. The minimum atomic E-state index is -2.54. The van der Waals surface area contributed by atoms with E-state index in [1.165, 1.54) is 5.56 Å². The van der Waals surface area contributed by atoms with Crippen molar-refractivity contribution in [3.63, 3.8) is 0 Å². The second-order valence-corrected chi connectivity index (χ2v) is 18.5. The van der Waals surface area contributed by atoms with Gasteiger partial charge in [0.05, 0.1) is 28.0 Å². The summed E-state index contributed by atoms with van der Waals surface area (Å²) in [6.45, 7) is 9.99. The Kier molecular flexibility index (Phi) is 9.92. The molecule has 0 amide bonds. The van der Waals surface area contributed by atoms with Gasteiger partial charge < -0.3 is 5.11 Å². The Balaban J connectivity index is 1.23. The van der Waals surface area contributed by atoms with Gasteiger partial charge >= 0.3 is 0 Å². The van der Waals surface area contributed by atoms with Crippen LogP contribution in [0.5, 0.6) is 5.75 Å². The number of aromatic hydroxyl groups is 1. The van der Waals surface area contributed by atoms with E-state index in [1.54, 1.807) is 0 Å². The average Bonchev–Trinajstić information content (AvgIpc) is 3.74. The van der Waals surface area contributed by atoms with E-state index in [4.69, 9.17) is 9.97 Å². The number of hydrogen-bond acceptors (Lipinski definition) is 3. The van der Waals surface area contributed by atoms with Gasteiger partial charge in [0.25, 0.3) is 0 Å². The van der Waals surface area contributed by atoms with Crippen molar-refractivity contribution >= 4 is 11.0 Å². The minimum absolute atomic E-state index is 0.0882. The van der Waals surface area contributed by atoms with Gasteiger partial charge in [-0.2, -0.15) is 0 Å². The molecule has 66 heavy (non-hydrogen) atoms. The molecule has 0 unspecified atom stereocenters. The van der Waals surface area contributed by atoms with Crippen LogP contribution in [0.3, 0.4) is 0 Å². The lowest BCUT2D eigenvalue weighted by molar-refractivity contribution is 0.472. The average molecular weight is 859 g/mol. The first-order valence-corrected chi connectivity index (χ1v) is 22.5. The molecule has 0 atom stereocenters. The number of aromatic nitrogens is 3. The van der Waals surface area contributed by atoms with Crippen LogP contribution in [-0.2, 0) is 5.41 Å². The predicted molar refractivity (Wildman–Crippen MR) is 276 cm³/mol. The Morgan fingerprint density at radius 3 is 1.91 bits per heavy atom. The molecule has 0 spiro atoms. The molecule has 0 bridgehead atoms. The summed E-state index contributed by atoms with van der Waals surface area (Å²) >= 11 is 0. The summed E-state index contributed by atoms with van der Waals surface area (Å²) in [4.78, 5) is 10.4. The van der Waals surface area contributed by atoms with Crippen LogP contribution >= 0.6 is 0 Å². The molecule has 0 fully saturated rings. The number of pyridine rings is 1. The van der Waals surface area contributed by atoms with E-state index in [1.807, 2.05) is 110 Å². The fraction of sp³-hybridized carbons (Fsp3) is 0.129. The maximum absolute atomic E-state index is 11.9. The second-order valence-electron chi connectivity index (χ2n) is 18.5. The quantitative estimate of drug-likeness (QED) is 0.166. The lowest BCUT2D eigenvalue weighted by Gasteiger charge is -2.26. The lowest BCUT2D eigenvalue weighted by Crippen LogP contribution is -2.13. The highest BCUT2D eigenvalue weighted by Crippen LogP contribution is 2.44. The molecule has 2 heterocycles. The first-order valence-electron chi connectivity index (χ1n) is 24.0. The van der Waals surface area contributed by atoms with Crippen LogP contribution in [0.1, 0.15) is 52.7 Å². The van der Waals surface area contributed by atoms with E-state index >= 15 is 0 Å². The molecule has 322 valence electrons. The Labute approximate surface area is 392 Å². The number of aryl methyl sites for hydroxylation is 4. The van der Waals surface area contributed by atoms with Crippen LogP contribution in [0.15, 0.2) is 188 Å². The second kappa shape index (κ2) is 17.0. The summed E-state index contributed by atoms with van der Waals surface area (Å²) in [7, 11) is 0. The largest absolute Gasteiger partial charge is 0.507 e. The summed E-state index contributed by atoms with van der Waals surface area (Å²) in [6, 6.07) is 61.9. The normalized spacial score (nSPS) is 12.5. The number of benzene rings is 8. The number of phenolic OH excluding ortho intramolecular Hbond substituents is 1. The van der Waals surface area contributed by atoms with Crippen LogP contribution in [-0.4, -0.2) is 19.6 Å². The zero-order valence-corrected chi connectivity index (χ0v) is 38.2. The summed E-state index contributed by atoms with van der Waals surface area (Å²) in [5, 5.41) is 11.9. The van der Waals surface area contributed by atoms with Crippen LogP contribution in [0.2, 0.25) is 0 Å². The molecule has 0 saturated heterocycles. The third kappa shape index (κ3) is 7.90. The molecule has 8 aromatic carbocycles. The SMILES string of the molecule is [2H]C([2H])([2H])c1cc(-c2c(-c3ccccc3)cccc2C(C)(C)C)ccc1-n1c(-c2cc(C)cc(C)c2O)nc2c(-c3cc(-c4ccccc4)cc(-c4cc(-c5ccc(C)cc5)ccn4)c3)cccc21. The fourth-order valence-electron chi connectivity index (χ4n) is 9.36. The Morgan fingerprint density at radius 2 is 1.17 bits per heavy atom. The monoisotopic (exact) mass is 858 g/mol. The van der Waals surface area contributed by atoms with Crippen molar-refractivity contribution in [3.05, 3.63) is 216 Å².